The molecule has 1 aliphatic rings. The average Bonchev–Trinajstić information content (AvgIpc) is 2.36. The first-order chi connectivity index (χ1) is 8.15. The van der Waals surface area contributed by atoms with Gasteiger partial charge in [-0.2, -0.15) is 0 Å². The summed E-state index contributed by atoms with van der Waals surface area (Å²) >= 11 is 0. The van der Waals surface area contributed by atoms with E-state index in [0.717, 1.165) is 25.9 Å². The molecule has 0 spiro atoms. The molecular weight excluding hydrogens is 254 g/mol. The fraction of sp³-hybridized carbons (Fsp3) is 0.833. The molecular formula is C12H24ClN3O2. The number of piperidine rings is 1. The minimum atomic E-state index is -0.405. The first-order valence-electron chi connectivity index (χ1n) is 6.38. The van der Waals surface area contributed by atoms with Gasteiger partial charge in [0.25, 0.3) is 0 Å². The number of nitrogens with one attached hydrogen (secondary N) is 2. The molecule has 1 heterocycles. The van der Waals surface area contributed by atoms with Crippen LogP contribution in [0.1, 0.15) is 32.6 Å². The van der Waals surface area contributed by atoms with Gasteiger partial charge in [-0.1, -0.05) is 0 Å². The van der Waals surface area contributed by atoms with E-state index in [2.05, 4.69) is 10.6 Å². The SMILES string of the molecule is CNCCC(=O)NC(C)C(=O)N1CCCCC1.Cl. The standard InChI is InChI=1S/C12H23N3O2.ClH/c1-10(14-11(16)6-7-13-2)12(17)15-8-4-3-5-9-15;/h10,13H,3-9H2,1-2H3,(H,14,16);1H. The van der Waals surface area contributed by atoms with Crippen LogP contribution in [-0.4, -0.2) is 49.4 Å². The van der Waals surface area contributed by atoms with Crippen molar-refractivity contribution < 1.29 is 9.59 Å². The van der Waals surface area contributed by atoms with Crippen LogP contribution in [0.2, 0.25) is 0 Å². The van der Waals surface area contributed by atoms with Crippen molar-refractivity contribution in [2.45, 2.75) is 38.6 Å². The van der Waals surface area contributed by atoms with Gasteiger partial charge in [-0.3, -0.25) is 9.59 Å². The van der Waals surface area contributed by atoms with E-state index in [1.807, 2.05) is 4.90 Å². The van der Waals surface area contributed by atoms with Gasteiger partial charge in [0, 0.05) is 26.1 Å². The van der Waals surface area contributed by atoms with E-state index in [-0.39, 0.29) is 24.2 Å². The zero-order valence-electron chi connectivity index (χ0n) is 11.2. The van der Waals surface area contributed by atoms with Crippen molar-refractivity contribution in [3.05, 3.63) is 0 Å². The predicted molar refractivity (Wildman–Crippen MR) is 73.8 cm³/mol. The van der Waals surface area contributed by atoms with E-state index in [4.69, 9.17) is 0 Å². The maximum atomic E-state index is 12.0. The smallest absolute Gasteiger partial charge is 0.244 e. The van der Waals surface area contributed by atoms with Crippen LogP contribution in [0.4, 0.5) is 0 Å². The maximum Gasteiger partial charge on any atom is 0.244 e. The molecule has 0 aromatic heterocycles. The Morgan fingerprint density at radius 3 is 2.39 bits per heavy atom. The number of carbonyl (C=O) groups excluding carboxylic acids is 2. The lowest BCUT2D eigenvalue weighted by molar-refractivity contribution is -0.136. The lowest BCUT2D eigenvalue weighted by Gasteiger charge is -2.29. The molecule has 6 heteroatoms. The van der Waals surface area contributed by atoms with Gasteiger partial charge in [-0.15, -0.1) is 12.4 Å². The molecule has 1 saturated heterocycles. The van der Waals surface area contributed by atoms with Gasteiger partial charge in [-0.25, -0.2) is 0 Å². The van der Waals surface area contributed by atoms with Crippen molar-refractivity contribution >= 4 is 24.2 Å². The molecule has 0 saturated carbocycles. The van der Waals surface area contributed by atoms with Crippen molar-refractivity contribution in [2.75, 3.05) is 26.7 Å². The quantitative estimate of drug-likeness (QED) is 0.771. The second kappa shape index (κ2) is 9.16. The highest BCUT2D eigenvalue weighted by molar-refractivity contribution is 5.87. The lowest BCUT2D eigenvalue weighted by Crippen LogP contribution is -2.48. The summed E-state index contributed by atoms with van der Waals surface area (Å²) in [6.45, 7) is 4.05. The Labute approximate surface area is 115 Å². The molecule has 1 fully saturated rings. The van der Waals surface area contributed by atoms with Crippen LogP contribution in [0.15, 0.2) is 0 Å². The van der Waals surface area contributed by atoms with E-state index < -0.39 is 6.04 Å². The lowest BCUT2D eigenvalue weighted by atomic mass is 10.1. The summed E-state index contributed by atoms with van der Waals surface area (Å²) in [6.07, 6.45) is 3.76. The summed E-state index contributed by atoms with van der Waals surface area (Å²) in [4.78, 5) is 25.3. The number of amides is 2. The van der Waals surface area contributed by atoms with E-state index in [0.29, 0.717) is 13.0 Å². The number of carbonyl (C=O) groups is 2. The van der Waals surface area contributed by atoms with E-state index >= 15 is 0 Å². The zero-order chi connectivity index (χ0) is 12.7. The van der Waals surface area contributed by atoms with Crippen LogP contribution in [0, 0.1) is 0 Å². The summed E-state index contributed by atoms with van der Waals surface area (Å²) < 4.78 is 0. The Balaban J connectivity index is 0.00000289. The van der Waals surface area contributed by atoms with E-state index in [1.165, 1.54) is 6.42 Å². The molecule has 1 rings (SSSR count). The normalized spacial score (nSPS) is 16.7. The van der Waals surface area contributed by atoms with Gasteiger partial charge in [0.1, 0.15) is 6.04 Å². The molecule has 18 heavy (non-hydrogen) atoms. The van der Waals surface area contributed by atoms with E-state index in [1.54, 1.807) is 14.0 Å². The Kier molecular flexibility index (Phi) is 8.75. The highest BCUT2D eigenvalue weighted by Gasteiger charge is 2.22. The summed E-state index contributed by atoms with van der Waals surface area (Å²) in [7, 11) is 1.80. The number of rotatable bonds is 5. The van der Waals surface area contributed by atoms with Gasteiger partial charge < -0.3 is 15.5 Å². The monoisotopic (exact) mass is 277 g/mol. The van der Waals surface area contributed by atoms with Gasteiger partial charge >= 0.3 is 0 Å². The average molecular weight is 278 g/mol. The molecule has 1 unspecified atom stereocenters. The van der Waals surface area contributed by atoms with Crippen molar-refractivity contribution in [1.82, 2.24) is 15.5 Å². The second-order valence-corrected chi connectivity index (χ2v) is 4.53. The summed E-state index contributed by atoms with van der Waals surface area (Å²) in [5.41, 5.74) is 0. The van der Waals surface area contributed by atoms with Gasteiger partial charge in [0.05, 0.1) is 0 Å². The van der Waals surface area contributed by atoms with Gasteiger partial charge in [-0.05, 0) is 33.2 Å². The fourth-order valence-corrected chi connectivity index (χ4v) is 2.00. The molecule has 2 N–H and O–H groups in total. The van der Waals surface area contributed by atoms with Gasteiger partial charge in [0.2, 0.25) is 11.8 Å². The number of hydrogen-bond donors (Lipinski definition) is 2. The summed E-state index contributed by atoms with van der Waals surface area (Å²) in [5.74, 6) is -0.0280. The molecule has 0 radical (unpaired) electrons. The van der Waals surface area contributed by atoms with Crippen molar-refractivity contribution in [2.24, 2.45) is 0 Å². The largest absolute Gasteiger partial charge is 0.345 e. The molecule has 0 aliphatic carbocycles. The molecule has 2 amide bonds. The van der Waals surface area contributed by atoms with E-state index in [9.17, 15) is 9.59 Å². The molecule has 1 aliphatic heterocycles. The molecule has 0 bridgehead atoms. The molecule has 0 aromatic carbocycles. The first-order valence-corrected chi connectivity index (χ1v) is 6.38. The Morgan fingerprint density at radius 2 is 1.83 bits per heavy atom. The Morgan fingerprint density at radius 1 is 1.22 bits per heavy atom. The first kappa shape index (κ1) is 17.2. The molecule has 106 valence electrons. The van der Waals surface area contributed by atoms with Crippen LogP contribution in [0.3, 0.4) is 0 Å². The Hall–Kier alpha value is -0.810. The third-order valence-electron chi connectivity index (χ3n) is 3.02. The number of nitrogens with zero attached hydrogens (tertiary/aromatic N) is 1. The zero-order valence-corrected chi connectivity index (χ0v) is 12.0. The predicted octanol–water partition coefficient (Wildman–Crippen LogP) is 0.535. The van der Waals surface area contributed by atoms with Crippen molar-refractivity contribution in [1.29, 1.82) is 0 Å². The number of hydrogen-bond acceptors (Lipinski definition) is 3. The van der Waals surface area contributed by atoms with Crippen LogP contribution in [0.25, 0.3) is 0 Å². The Bertz CT molecular complexity index is 268. The van der Waals surface area contributed by atoms with Gasteiger partial charge in [0.15, 0.2) is 0 Å². The van der Waals surface area contributed by atoms with Crippen LogP contribution >= 0.6 is 12.4 Å². The highest BCUT2D eigenvalue weighted by Crippen LogP contribution is 2.09. The molecule has 1 atom stereocenters. The fourth-order valence-electron chi connectivity index (χ4n) is 2.00. The van der Waals surface area contributed by atoms with Crippen LogP contribution in [0.5, 0.6) is 0 Å². The highest BCUT2D eigenvalue weighted by atomic mass is 35.5. The third-order valence-corrected chi connectivity index (χ3v) is 3.02. The summed E-state index contributed by atoms with van der Waals surface area (Å²) in [6, 6.07) is -0.405. The van der Waals surface area contributed by atoms with Crippen LogP contribution in [-0.2, 0) is 9.59 Å². The summed E-state index contributed by atoms with van der Waals surface area (Å²) in [5, 5.41) is 5.65. The minimum Gasteiger partial charge on any atom is -0.345 e. The van der Waals surface area contributed by atoms with Crippen LogP contribution < -0.4 is 10.6 Å². The second-order valence-electron chi connectivity index (χ2n) is 4.53. The minimum absolute atomic E-state index is 0. The van der Waals surface area contributed by atoms with Crippen molar-refractivity contribution in [3.63, 3.8) is 0 Å². The maximum absolute atomic E-state index is 12.0. The van der Waals surface area contributed by atoms with Crippen molar-refractivity contribution in [3.8, 4) is 0 Å². The molecule has 0 aromatic rings. The number of likely N-dealkylation sites (tertiary alicyclic amines) is 1. The molecule has 5 nitrogen and oxygen atoms in total. The topological polar surface area (TPSA) is 61.4 Å². The third kappa shape index (κ3) is 5.69. The number of halogens is 1.